The Kier molecular flexibility index (Phi) is 5.10. The molecule has 0 amide bonds. The van der Waals surface area contributed by atoms with E-state index in [0.717, 1.165) is 5.56 Å². The number of fused-ring (bicyclic) bond motifs is 1. The third kappa shape index (κ3) is 4.06. The van der Waals surface area contributed by atoms with E-state index in [4.69, 9.17) is 4.74 Å². The summed E-state index contributed by atoms with van der Waals surface area (Å²) in [6, 6.07) is 17.6. The summed E-state index contributed by atoms with van der Waals surface area (Å²) in [5, 5.41) is 4.05. The lowest BCUT2D eigenvalue weighted by molar-refractivity contribution is 0.0982. The third-order valence-corrected chi connectivity index (χ3v) is 4.49. The van der Waals surface area contributed by atoms with Crippen LogP contribution in [0.25, 0.3) is 5.65 Å². The summed E-state index contributed by atoms with van der Waals surface area (Å²) in [6.07, 6.45) is 4.11. The van der Waals surface area contributed by atoms with E-state index in [2.05, 4.69) is 10.1 Å². The van der Waals surface area contributed by atoms with E-state index in [0.29, 0.717) is 35.4 Å². The highest BCUT2D eigenvalue weighted by Crippen LogP contribution is 2.18. The van der Waals surface area contributed by atoms with Gasteiger partial charge in [-0.3, -0.25) is 4.79 Å². The molecule has 2 aromatic carbocycles. The highest BCUT2D eigenvalue weighted by Gasteiger charge is 2.09. The summed E-state index contributed by atoms with van der Waals surface area (Å²) in [4.78, 5) is 16.6. The number of carbonyl (C=O) groups is 1. The quantitative estimate of drug-likeness (QED) is 0.453. The molecule has 140 valence electrons. The van der Waals surface area contributed by atoms with Gasteiger partial charge in [0.2, 0.25) is 0 Å². The van der Waals surface area contributed by atoms with Gasteiger partial charge in [-0.05, 0) is 42.3 Å². The number of ketones is 1. The summed E-state index contributed by atoms with van der Waals surface area (Å²) >= 11 is 0. The number of aryl methyl sites for hydroxylation is 1. The van der Waals surface area contributed by atoms with Crippen LogP contribution in [0.5, 0.6) is 5.75 Å². The molecule has 4 rings (SSSR count). The minimum atomic E-state index is -0.284. The molecule has 2 heterocycles. The van der Waals surface area contributed by atoms with Gasteiger partial charge in [-0.25, -0.2) is 13.9 Å². The zero-order valence-electron chi connectivity index (χ0n) is 15.1. The van der Waals surface area contributed by atoms with Gasteiger partial charge in [0.15, 0.2) is 11.4 Å². The molecule has 0 saturated carbocycles. The topological polar surface area (TPSA) is 56.5 Å². The Morgan fingerprint density at radius 3 is 2.86 bits per heavy atom. The standard InChI is InChI=1S/C22H18FN3O2/c23-20-7-2-1-5-18(20)14-28-19-6-3-4-16(12-19)8-10-21(27)17-9-11-22-24-15-25-26(22)13-17/h1-7,9,11-13,15H,8,10,14H2. The minimum absolute atomic E-state index is 0.0371. The van der Waals surface area contributed by atoms with Gasteiger partial charge in [0.05, 0.1) is 0 Å². The van der Waals surface area contributed by atoms with Crippen LogP contribution in [0, 0.1) is 5.82 Å². The average Bonchev–Trinajstić information content (AvgIpc) is 3.19. The number of rotatable bonds is 7. The van der Waals surface area contributed by atoms with Crippen molar-refractivity contribution in [3.63, 3.8) is 0 Å². The highest BCUT2D eigenvalue weighted by molar-refractivity contribution is 5.96. The molecule has 6 heteroatoms. The Morgan fingerprint density at radius 2 is 1.96 bits per heavy atom. The molecule has 0 spiro atoms. The molecule has 28 heavy (non-hydrogen) atoms. The first kappa shape index (κ1) is 17.9. The molecule has 2 aromatic heterocycles. The molecule has 5 nitrogen and oxygen atoms in total. The molecule has 4 aromatic rings. The highest BCUT2D eigenvalue weighted by atomic mass is 19.1. The van der Waals surface area contributed by atoms with E-state index in [-0.39, 0.29) is 18.2 Å². The SMILES string of the molecule is O=C(CCc1cccc(OCc2ccccc2F)c1)c1ccc2ncnn2c1. The number of hydrogen-bond donors (Lipinski definition) is 0. The van der Waals surface area contributed by atoms with Crippen LogP contribution in [0.1, 0.15) is 27.9 Å². The van der Waals surface area contributed by atoms with Crippen LogP contribution in [0.2, 0.25) is 0 Å². The zero-order valence-corrected chi connectivity index (χ0v) is 15.1. The predicted molar refractivity (Wildman–Crippen MR) is 103 cm³/mol. The number of carbonyl (C=O) groups excluding carboxylic acids is 1. The normalized spacial score (nSPS) is 10.9. The maximum absolute atomic E-state index is 13.7. The summed E-state index contributed by atoms with van der Waals surface area (Å²) in [5.41, 5.74) is 2.80. The van der Waals surface area contributed by atoms with Crippen LogP contribution in [-0.2, 0) is 13.0 Å². The molecule has 0 saturated heterocycles. The van der Waals surface area contributed by atoms with Gasteiger partial charge in [0.25, 0.3) is 0 Å². The second-order valence-electron chi connectivity index (χ2n) is 6.43. The molecule has 0 bridgehead atoms. The Bertz CT molecular complexity index is 1120. The lowest BCUT2D eigenvalue weighted by Gasteiger charge is -2.09. The van der Waals surface area contributed by atoms with Crippen LogP contribution in [0.15, 0.2) is 73.2 Å². The second kappa shape index (κ2) is 8.00. The summed E-state index contributed by atoms with van der Waals surface area (Å²) < 4.78 is 21.0. The van der Waals surface area contributed by atoms with Crippen LogP contribution in [-0.4, -0.2) is 20.4 Å². The molecule has 0 radical (unpaired) electrons. The summed E-state index contributed by atoms with van der Waals surface area (Å²) in [7, 11) is 0. The van der Waals surface area contributed by atoms with Crippen molar-refractivity contribution in [1.29, 1.82) is 0 Å². The van der Waals surface area contributed by atoms with E-state index >= 15 is 0 Å². The van der Waals surface area contributed by atoms with E-state index in [1.165, 1.54) is 12.4 Å². The second-order valence-corrected chi connectivity index (χ2v) is 6.43. The molecular weight excluding hydrogens is 357 g/mol. The number of nitrogens with zero attached hydrogens (tertiary/aromatic N) is 3. The van der Waals surface area contributed by atoms with Crippen molar-refractivity contribution in [2.75, 3.05) is 0 Å². The van der Waals surface area contributed by atoms with Gasteiger partial charge in [0.1, 0.15) is 24.5 Å². The molecule has 0 aliphatic heterocycles. The fraction of sp³-hybridized carbons (Fsp3) is 0.136. The zero-order chi connectivity index (χ0) is 19.3. The van der Waals surface area contributed by atoms with Crippen LogP contribution in [0.3, 0.4) is 0 Å². The molecule has 0 aliphatic rings. The van der Waals surface area contributed by atoms with Crippen LogP contribution < -0.4 is 4.74 Å². The van der Waals surface area contributed by atoms with E-state index in [9.17, 15) is 9.18 Å². The van der Waals surface area contributed by atoms with Crippen molar-refractivity contribution in [2.24, 2.45) is 0 Å². The fourth-order valence-electron chi connectivity index (χ4n) is 2.95. The Labute approximate surface area is 161 Å². The Balaban J connectivity index is 1.37. The molecule has 0 fully saturated rings. The largest absolute Gasteiger partial charge is 0.489 e. The fourth-order valence-corrected chi connectivity index (χ4v) is 2.95. The first-order chi connectivity index (χ1) is 13.7. The number of aromatic nitrogens is 3. The van der Waals surface area contributed by atoms with Crippen molar-refractivity contribution in [3.05, 3.63) is 95.7 Å². The number of pyridine rings is 1. The lowest BCUT2D eigenvalue weighted by Crippen LogP contribution is -2.04. The number of ether oxygens (including phenoxy) is 1. The maximum atomic E-state index is 13.7. The third-order valence-electron chi connectivity index (χ3n) is 4.49. The van der Waals surface area contributed by atoms with Crippen molar-refractivity contribution >= 4 is 11.4 Å². The van der Waals surface area contributed by atoms with Gasteiger partial charge < -0.3 is 4.74 Å². The van der Waals surface area contributed by atoms with Crippen LogP contribution >= 0.6 is 0 Å². The first-order valence-electron chi connectivity index (χ1n) is 8.97. The number of benzene rings is 2. The van der Waals surface area contributed by atoms with Crippen LogP contribution in [0.4, 0.5) is 4.39 Å². The smallest absolute Gasteiger partial charge is 0.164 e. The maximum Gasteiger partial charge on any atom is 0.164 e. The minimum Gasteiger partial charge on any atom is -0.489 e. The predicted octanol–water partition coefficient (Wildman–Crippen LogP) is 4.26. The molecule has 0 aliphatic carbocycles. The van der Waals surface area contributed by atoms with Gasteiger partial charge in [-0.15, -0.1) is 0 Å². The van der Waals surface area contributed by atoms with Gasteiger partial charge in [0, 0.05) is 23.7 Å². The average molecular weight is 375 g/mol. The van der Waals surface area contributed by atoms with Crippen molar-refractivity contribution in [2.45, 2.75) is 19.4 Å². The summed E-state index contributed by atoms with van der Waals surface area (Å²) in [6.45, 7) is 0.160. The summed E-state index contributed by atoms with van der Waals surface area (Å²) in [5.74, 6) is 0.404. The van der Waals surface area contributed by atoms with Gasteiger partial charge in [-0.2, -0.15) is 5.10 Å². The van der Waals surface area contributed by atoms with E-state index in [1.54, 1.807) is 41.0 Å². The number of hydrogen-bond acceptors (Lipinski definition) is 4. The Morgan fingerprint density at radius 1 is 1.07 bits per heavy atom. The van der Waals surface area contributed by atoms with Gasteiger partial charge in [-0.1, -0.05) is 30.3 Å². The Hall–Kier alpha value is -3.54. The van der Waals surface area contributed by atoms with Crippen molar-refractivity contribution < 1.29 is 13.9 Å². The lowest BCUT2D eigenvalue weighted by atomic mass is 10.0. The monoisotopic (exact) mass is 375 g/mol. The van der Waals surface area contributed by atoms with Crippen molar-refractivity contribution in [1.82, 2.24) is 14.6 Å². The molecule has 0 N–H and O–H groups in total. The molecule has 0 atom stereocenters. The molecule has 0 unspecified atom stereocenters. The number of Topliss-reactive ketones (excluding diaryl/α,β-unsaturated/α-hetero) is 1. The number of halogens is 1. The molecular formula is C22H18FN3O2. The van der Waals surface area contributed by atoms with Crippen molar-refractivity contribution in [3.8, 4) is 5.75 Å². The first-order valence-corrected chi connectivity index (χ1v) is 8.97. The van der Waals surface area contributed by atoms with E-state index in [1.807, 2.05) is 24.3 Å². The van der Waals surface area contributed by atoms with Gasteiger partial charge >= 0.3 is 0 Å². The van der Waals surface area contributed by atoms with E-state index < -0.39 is 0 Å².